The van der Waals surface area contributed by atoms with Crippen molar-refractivity contribution < 1.29 is 14.3 Å². The van der Waals surface area contributed by atoms with E-state index in [2.05, 4.69) is 30.8 Å². The van der Waals surface area contributed by atoms with Crippen LogP contribution < -0.4 is 5.32 Å². The minimum Gasteiger partial charge on any atom is -0.465 e. The van der Waals surface area contributed by atoms with Gasteiger partial charge in [-0.3, -0.25) is 4.79 Å². The molecule has 0 bridgehead atoms. The Labute approximate surface area is 138 Å². The maximum absolute atomic E-state index is 12.5. The predicted molar refractivity (Wildman–Crippen MR) is 90.4 cm³/mol. The SMILES string of the molecule is COC(=O)c1ccc(C(=O)N[C@@H]2C[C@@H](C)CCC2C(C)C)cc1. The number of benzene rings is 1. The van der Waals surface area contributed by atoms with Crippen LogP contribution in [0.15, 0.2) is 24.3 Å². The van der Waals surface area contributed by atoms with Crippen molar-refractivity contribution in [1.82, 2.24) is 5.32 Å². The summed E-state index contributed by atoms with van der Waals surface area (Å²) in [5, 5.41) is 3.20. The largest absolute Gasteiger partial charge is 0.465 e. The molecule has 0 radical (unpaired) electrons. The first kappa shape index (κ1) is 17.5. The molecule has 23 heavy (non-hydrogen) atoms. The second-order valence-electron chi connectivity index (χ2n) is 6.97. The molecule has 1 N–H and O–H groups in total. The van der Waals surface area contributed by atoms with E-state index in [1.54, 1.807) is 24.3 Å². The first-order valence-corrected chi connectivity index (χ1v) is 8.41. The van der Waals surface area contributed by atoms with Gasteiger partial charge in [0.25, 0.3) is 5.91 Å². The minimum absolute atomic E-state index is 0.0637. The van der Waals surface area contributed by atoms with E-state index in [4.69, 9.17) is 0 Å². The molecule has 0 aliphatic heterocycles. The number of esters is 1. The average Bonchev–Trinajstić information content (AvgIpc) is 2.54. The highest BCUT2D eigenvalue weighted by atomic mass is 16.5. The average molecular weight is 317 g/mol. The van der Waals surface area contributed by atoms with Crippen molar-refractivity contribution in [2.24, 2.45) is 17.8 Å². The highest BCUT2D eigenvalue weighted by Crippen LogP contribution is 2.33. The molecule has 2 rings (SSSR count). The Morgan fingerprint density at radius 3 is 2.30 bits per heavy atom. The van der Waals surface area contributed by atoms with Crippen LogP contribution in [-0.2, 0) is 4.74 Å². The number of methoxy groups -OCH3 is 1. The molecule has 1 aromatic rings. The Bertz CT molecular complexity index is 550. The molecule has 1 amide bonds. The van der Waals surface area contributed by atoms with Gasteiger partial charge in [-0.1, -0.05) is 27.2 Å². The van der Waals surface area contributed by atoms with Crippen molar-refractivity contribution in [3.05, 3.63) is 35.4 Å². The molecule has 1 aliphatic rings. The standard InChI is InChI=1S/C19H27NO3/c1-12(2)16-10-5-13(3)11-17(16)20-18(21)14-6-8-15(9-7-14)19(22)23-4/h6-9,12-13,16-17H,5,10-11H2,1-4H3,(H,20,21)/t13-,16?,17+/m0/s1. The van der Waals surface area contributed by atoms with Crippen LogP contribution in [0.5, 0.6) is 0 Å². The normalized spacial score (nSPS) is 24.3. The second kappa shape index (κ2) is 7.62. The molecule has 126 valence electrons. The first-order valence-electron chi connectivity index (χ1n) is 8.41. The number of amides is 1. The van der Waals surface area contributed by atoms with E-state index in [0.29, 0.717) is 28.9 Å². The predicted octanol–water partition coefficient (Wildman–Crippen LogP) is 3.66. The van der Waals surface area contributed by atoms with Gasteiger partial charge in [0.2, 0.25) is 0 Å². The summed E-state index contributed by atoms with van der Waals surface area (Å²) in [5.74, 6) is 1.29. The summed E-state index contributed by atoms with van der Waals surface area (Å²) in [7, 11) is 1.35. The summed E-state index contributed by atoms with van der Waals surface area (Å²) >= 11 is 0. The van der Waals surface area contributed by atoms with Crippen LogP contribution in [0.3, 0.4) is 0 Å². The number of carbonyl (C=O) groups excluding carboxylic acids is 2. The van der Waals surface area contributed by atoms with Gasteiger partial charge in [-0.05, 0) is 54.9 Å². The molecule has 3 atom stereocenters. The van der Waals surface area contributed by atoms with E-state index in [9.17, 15) is 9.59 Å². The molecule has 1 aromatic carbocycles. The second-order valence-corrected chi connectivity index (χ2v) is 6.97. The molecule has 1 fully saturated rings. The molecule has 1 unspecified atom stereocenters. The lowest BCUT2D eigenvalue weighted by Gasteiger charge is -2.37. The highest BCUT2D eigenvalue weighted by molar-refractivity contribution is 5.96. The van der Waals surface area contributed by atoms with Crippen molar-refractivity contribution in [3.8, 4) is 0 Å². The molecule has 0 saturated heterocycles. The zero-order valence-corrected chi connectivity index (χ0v) is 14.5. The Kier molecular flexibility index (Phi) is 5.80. The third-order valence-corrected chi connectivity index (χ3v) is 4.91. The maximum atomic E-state index is 12.5. The van der Waals surface area contributed by atoms with Crippen LogP contribution in [0, 0.1) is 17.8 Å². The number of nitrogens with one attached hydrogen (secondary N) is 1. The van der Waals surface area contributed by atoms with Crippen LogP contribution in [0.2, 0.25) is 0 Å². The minimum atomic E-state index is -0.391. The Hall–Kier alpha value is -1.84. The smallest absolute Gasteiger partial charge is 0.337 e. The molecule has 1 saturated carbocycles. The van der Waals surface area contributed by atoms with Gasteiger partial charge in [-0.25, -0.2) is 4.79 Å². The molecule has 0 heterocycles. The summed E-state index contributed by atoms with van der Waals surface area (Å²) < 4.78 is 4.67. The number of rotatable bonds is 4. The topological polar surface area (TPSA) is 55.4 Å². The van der Waals surface area contributed by atoms with Crippen LogP contribution in [-0.4, -0.2) is 25.0 Å². The molecule has 0 spiro atoms. The lowest BCUT2D eigenvalue weighted by molar-refractivity contribution is 0.0600. The lowest BCUT2D eigenvalue weighted by atomic mass is 9.74. The number of carbonyl (C=O) groups is 2. The van der Waals surface area contributed by atoms with Gasteiger partial charge >= 0.3 is 5.97 Å². The van der Waals surface area contributed by atoms with Crippen LogP contribution in [0.25, 0.3) is 0 Å². The maximum Gasteiger partial charge on any atom is 0.337 e. The number of hydrogen-bond donors (Lipinski definition) is 1. The quantitative estimate of drug-likeness (QED) is 0.862. The highest BCUT2D eigenvalue weighted by Gasteiger charge is 2.31. The van der Waals surface area contributed by atoms with E-state index in [0.717, 1.165) is 6.42 Å². The summed E-state index contributed by atoms with van der Waals surface area (Å²) in [6.07, 6.45) is 3.45. The molecule has 1 aliphatic carbocycles. The van der Waals surface area contributed by atoms with Gasteiger partial charge in [-0.2, -0.15) is 0 Å². The van der Waals surface area contributed by atoms with Gasteiger partial charge in [0.15, 0.2) is 0 Å². The third-order valence-electron chi connectivity index (χ3n) is 4.91. The summed E-state index contributed by atoms with van der Waals surface area (Å²) in [5.41, 5.74) is 1.04. The first-order chi connectivity index (χ1) is 10.9. The Morgan fingerprint density at radius 2 is 1.74 bits per heavy atom. The van der Waals surface area contributed by atoms with Crippen molar-refractivity contribution in [3.63, 3.8) is 0 Å². The van der Waals surface area contributed by atoms with Crippen LogP contribution in [0.4, 0.5) is 0 Å². The Balaban J connectivity index is 2.06. The summed E-state index contributed by atoms with van der Waals surface area (Å²) in [6.45, 7) is 6.71. The van der Waals surface area contributed by atoms with E-state index in [1.165, 1.54) is 20.0 Å². The molecule has 4 heteroatoms. The van der Waals surface area contributed by atoms with Gasteiger partial charge < -0.3 is 10.1 Å². The van der Waals surface area contributed by atoms with Crippen molar-refractivity contribution in [1.29, 1.82) is 0 Å². The fourth-order valence-corrected chi connectivity index (χ4v) is 3.50. The van der Waals surface area contributed by atoms with Gasteiger partial charge in [0.1, 0.15) is 0 Å². The third kappa shape index (κ3) is 4.34. The summed E-state index contributed by atoms with van der Waals surface area (Å²) in [6, 6.07) is 6.84. The number of hydrogen-bond acceptors (Lipinski definition) is 3. The monoisotopic (exact) mass is 317 g/mol. The van der Waals surface area contributed by atoms with E-state index in [-0.39, 0.29) is 11.9 Å². The van der Waals surface area contributed by atoms with Gasteiger partial charge in [0, 0.05) is 11.6 Å². The lowest BCUT2D eigenvalue weighted by Crippen LogP contribution is -2.45. The van der Waals surface area contributed by atoms with E-state index < -0.39 is 5.97 Å². The Morgan fingerprint density at radius 1 is 1.13 bits per heavy atom. The van der Waals surface area contributed by atoms with Crippen molar-refractivity contribution >= 4 is 11.9 Å². The molecular weight excluding hydrogens is 290 g/mol. The van der Waals surface area contributed by atoms with Crippen molar-refractivity contribution in [2.45, 2.75) is 46.1 Å². The van der Waals surface area contributed by atoms with Crippen molar-refractivity contribution in [2.75, 3.05) is 7.11 Å². The molecular formula is C19H27NO3. The van der Waals surface area contributed by atoms with Crippen LogP contribution >= 0.6 is 0 Å². The zero-order chi connectivity index (χ0) is 17.0. The van der Waals surface area contributed by atoms with Crippen LogP contribution in [0.1, 0.15) is 60.7 Å². The number of ether oxygens (including phenoxy) is 1. The fourth-order valence-electron chi connectivity index (χ4n) is 3.50. The van der Waals surface area contributed by atoms with Gasteiger partial charge in [-0.15, -0.1) is 0 Å². The van der Waals surface area contributed by atoms with E-state index >= 15 is 0 Å². The van der Waals surface area contributed by atoms with Gasteiger partial charge in [0.05, 0.1) is 12.7 Å². The zero-order valence-electron chi connectivity index (χ0n) is 14.5. The van der Waals surface area contributed by atoms with E-state index in [1.807, 2.05) is 0 Å². The molecule has 0 aromatic heterocycles. The summed E-state index contributed by atoms with van der Waals surface area (Å²) in [4.78, 5) is 24.0. The molecule has 4 nitrogen and oxygen atoms in total. The fraction of sp³-hybridized carbons (Fsp3) is 0.579.